The Morgan fingerprint density at radius 3 is 2.24 bits per heavy atom. The van der Waals surface area contributed by atoms with Crippen molar-refractivity contribution >= 4 is 33.5 Å². The number of anilines is 1. The van der Waals surface area contributed by atoms with Crippen molar-refractivity contribution < 1.29 is 34.4 Å². The molecule has 11 atom stereocenters. The van der Waals surface area contributed by atoms with Gasteiger partial charge >= 0.3 is 6.09 Å². The highest BCUT2D eigenvalue weighted by Crippen LogP contribution is 2.70. The van der Waals surface area contributed by atoms with E-state index in [4.69, 9.17) is 9.47 Å². The van der Waals surface area contributed by atoms with E-state index < -0.39 is 52.4 Å². The van der Waals surface area contributed by atoms with Crippen LogP contribution in [0, 0.1) is 39.9 Å². The van der Waals surface area contributed by atoms with Crippen molar-refractivity contribution in [3.8, 4) is 0 Å². The molecule has 0 radical (unpaired) electrons. The van der Waals surface area contributed by atoms with Gasteiger partial charge in [0.1, 0.15) is 6.10 Å². The molecule has 4 saturated carbocycles. The summed E-state index contributed by atoms with van der Waals surface area (Å²) in [6.45, 7) is 14.2. The SMILES string of the molecule is CC(C)[C@]1(O)CC[C@]2(C)C[C@@](O)([C@H]3CC[C@@H]4[C@]3(C)CC[C@H]3OC(C)(C)[C@H](O)C(=O)[C@@H](OC(=O)Nc5ccc(Br)cc5)[C@]43C)CC[C@@H]21. The first-order valence-electron chi connectivity index (χ1n) is 17.4. The van der Waals surface area contributed by atoms with Crippen LogP contribution in [0.25, 0.3) is 0 Å². The number of carbonyl (C=O) groups excluding carboxylic acids is 2. The second-order valence-electron chi connectivity index (χ2n) is 17.2. The van der Waals surface area contributed by atoms with E-state index in [2.05, 4.69) is 48.9 Å². The monoisotopic (exact) mass is 703 g/mol. The average Bonchev–Trinajstić information content (AvgIpc) is 3.47. The zero-order valence-electron chi connectivity index (χ0n) is 28.6. The van der Waals surface area contributed by atoms with Crippen LogP contribution in [0.1, 0.15) is 106 Å². The zero-order chi connectivity index (χ0) is 33.7. The third kappa shape index (κ3) is 5.12. The molecule has 0 bridgehead atoms. The Labute approximate surface area is 282 Å². The number of carbonyl (C=O) groups is 2. The Bertz CT molecular complexity index is 1370. The second kappa shape index (κ2) is 11.3. The van der Waals surface area contributed by atoms with Gasteiger partial charge in [-0.3, -0.25) is 10.1 Å². The summed E-state index contributed by atoms with van der Waals surface area (Å²) in [5.41, 5.74) is -3.63. The molecule has 1 aliphatic heterocycles. The van der Waals surface area contributed by atoms with Crippen LogP contribution in [-0.2, 0) is 14.3 Å². The minimum absolute atomic E-state index is 0.0122. The fourth-order valence-electron chi connectivity index (χ4n) is 11.6. The number of rotatable bonds is 4. The molecule has 1 saturated heterocycles. The lowest BCUT2D eigenvalue weighted by atomic mass is 9.48. The van der Waals surface area contributed by atoms with Crippen molar-refractivity contribution in [1.29, 1.82) is 0 Å². The molecule has 5 fully saturated rings. The van der Waals surface area contributed by atoms with Gasteiger partial charge < -0.3 is 24.8 Å². The summed E-state index contributed by atoms with van der Waals surface area (Å²) in [4.78, 5) is 27.6. The van der Waals surface area contributed by atoms with E-state index in [1.807, 2.05) is 19.1 Å². The Balaban J connectivity index is 1.32. The highest BCUT2D eigenvalue weighted by molar-refractivity contribution is 9.10. The highest BCUT2D eigenvalue weighted by atomic mass is 79.9. The van der Waals surface area contributed by atoms with Crippen LogP contribution >= 0.6 is 15.9 Å². The topological polar surface area (TPSA) is 125 Å². The van der Waals surface area contributed by atoms with Crippen LogP contribution in [0.5, 0.6) is 0 Å². The van der Waals surface area contributed by atoms with Gasteiger partial charge in [-0.05, 0) is 130 Å². The number of aliphatic hydroxyl groups excluding tert-OH is 1. The van der Waals surface area contributed by atoms with Crippen molar-refractivity contribution in [2.45, 2.75) is 141 Å². The van der Waals surface area contributed by atoms with Gasteiger partial charge in [0.25, 0.3) is 0 Å². The minimum Gasteiger partial charge on any atom is -0.437 e. The van der Waals surface area contributed by atoms with E-state index in [1.54, 1.807) is 26.0 Å². The lowest BCUT2D eigenvalue weighted by molar-refractivity contribution is -0.217. The fraction of sp³-hybridized carbons (Fsp3) is 0.784. The normalized spacial score (nSPS) is 46.7. The maximum Gasteiger partial charge on any atom is 0.412 e. The molecule has 1 aromatic rings. The van der Waals surface area contributed by atoms with E-state index in [0.717, 1.165) is 43.0 Å². The maximum absolute atomic E-state index is 14.2. The number of halogens is 1. The van der Waals surface area contributed by atoms with Crippen LogP contribution in [-0.4, -0.2) is 62.3 Å². The van der Waals surface area contributed by atoms with Crippen molar-refractivity contribution in [1.82, 2.24) is 0 Å². The van der Waals surface area contributed by atoms with Gasteiger partial charge in [0.05, 0.1) is 22.9 Å². The van der Waals surface area contributed by atoms with Gasteiger partial charge in [-0.25, -0.2) is 4.79 Å². The largest absolute Gasteiger partial charge is 0.437 e. The zero-order valence-corrected chi connectivity index (χ0v) is 30.2. The maximum atomic E-state index is 14.2. The van der Waals surface area contributed by atoms with E-state index in [-0.39, 0.29) is 34.5 Å². The molecule has 1 aromatic carbocycles. The lowest BCUT2D eigenvalue weighted by Gasteiger charge is -2.59. The summed E-state index contributed by atoms with van der Waals surface area (Å²) in [5, 5.41) is 38.4. The first-order valence-corrected chi connectivity index (χ1v) is 18.2. The Hall–Kier alpha value is -1.52. The number of amides is 1. The van der Waals surface area contributed by atoms with E-state index >= 15 is 0 Å². The molecule has 8 nitrogen and oxygen atoms in total. The summed E-state index contributed by atoms with van der Waals surface area (Å²) in [5.74, 6) is -0.317. The third-order valence-electron chi connectivity index (χ3n) is 14.0. The van der Waals surface area contributed by atoms with E-state index in [9.17, 15) is 24.9 Å². The standard InChI is InChI=1S/C37H54BrNO7/c1-21(2)37(44)19-18-33(5)20-36(43,17-14-24(33)37)26-13-12-25-34(26,6)16-15-27-35(25,7)30(28(40)29(41)32(3,4)46-27)45-31(42)39-23-10-8-22(38)9-11-23/h8-11,21,24-27,29-30,41,43-44H,12-20H2,1-7H3,(H,39,42)/t24-,25+,26-,27+,29+,30+,33+,34-,35+,36+,37+/m0/s1. The van der Waals surface area contributed by atoms with Crippen LogP contribution in [0.3, 0.4) is 0 Å². The number of hydrogen-bond donors (Lipinski definition) is 4. The molecule has 4 N–H and O–H groups in total. The summed E-state index contributed by atoms with van der Waals surface area (Å²) >= 11 is 3.41. The number of nitrogens with one attached hydrogen (secondary N) is 1. The Morgan fingerprint density at radius 2 is 1.59 bits per heavy atom. The molecule has 46 heavy (non-hydrogen) atoms. The average molecular weight is 705 g/mol. The van der Waals surface area contributed by atoms with Gasteiger partial charge in [-0.2, -0.15) is 0 Å². The second-order valence-corrected chi connectivity index (χ2v) is 18.1. The molecule has 0 spiro atoms. The van der Waals surface area contributed by atoms with Gasteiger partial charge in [-0.1, -0.05) is 50.5 Å². The molecule has 256 valence electrons. The smallest absolute Gasteiger partial charge is 0.412 e. The fourth-order valence-corrected chi connectivity index (χ4v) is 11.9. The first kappa shape index (κ1) is 34.3. The molecule has 1 heterocycles. The number of hydrogen-bond acceptors (Lipinski definition) is 7. The minimum atomic E-state index is -1.47. The number of aliphatic hydroxyl groups is 3. The van der Waals surface area contributed by atoms with Crippen molar-refractivity contribution in [3.05, 3.63) is 28.7 Å². The van der Waals surface area contributed by atoms with Gasteiger partial charge in [0, 0.05) is 15.6 Å². The number of fused-ring (bicyclic) bond motifs is 4. The molecule has 9 heteroatoms. The van der Waals surface area contributed by atoms with E-state index in [1.165, 1.54) is 0 Å². The summed E-state index contributed by atoms with van der Waals surface area (Å²) in [7, 11) is 0. The van der Waals surface area contributed by atoms with Gasteiger partial charge in [0.15, 0.2) is 6.10 Å². The number of ketones is 1. The van der Waals surface area contributed by atoms with Crippen molar-refractivity contribution in [2.75, 3.05) is 5.32 Å². The van der Waals surface area contributed by atoms with Crippen molar-refractivity contribution in [2.24, 2.45) is 39.9 Å². The third-order valence-corrected chi connectivity index (χ3v) is 14.5. The molecule has 0 unspecified atom stereocenters. The van der Waals surface area contributed by atoms with Crippen molar-refractivity contribution in [3.63, 3.8) is 0 Å². The molecule has 0 aromatic heterocycles. The molecular weight excluding hydrogens is 650 g/mol. The van der Waals surface area contributed by atoms with Crippen LogP contribution in [0.15, 0.2) is 28.7 Å². The summed E-state index contributed by atoms with van der Waals surface area (Å²) < 4.78 is 13.6. The highest BCUT2D eigenvalue weighted by Gasteiger charge is 2.71. The quantitative estimate of drug-likeness (QED) is 0.266. The van der Waals surface area contributed by atoms with Crippen LogP contribution in [0.4, 0.5) is 10.5 Å². The molecule has 6 rings (SSSR count). The molecular formula is C37H54BrNO7. The number of Topliss-reactive ketones (excluding diaryl/α,β-unsaturated/α-hetero) is 1. The predicted octanol–water partition coefficient (Wildman–Crippen LogP) is 7.02. The van der Waals surface area contributed by atoms with Gasteiger partial charge in [-0.15, -0.1) is 0 Å². The lowest BCUT2D eigenvalue weighted by Crippen LogP contribution is -2.62. The predicted molar refractivity (Wildman–Crippen MR) is 179 cm³/mol. The number of benzene rings is 1. The number of ether oxygens (including phenoxy) is 2. The molecule has 4 aliphatic carbocycles. The van der Waals surface area contributed by atoms with Gasteiger partial charge in [0.2, 0.25) is 5.78 Å². The van der Waals surface area contributed by atoms with Crippen LogP contribution < -0.4 is 5.32 Å². The van der Waals surface area contributed by atoms with E-state index in [0.29, 0.717) is 24.9 Å². The summed E-state index contributed by atoms with van der Waals surface area (Å²) in [6.07, 6.45) is 2.88. The molecule has 1 amide bonds. The Morgan fingerprint density at radius 1 is 0.935 bits per heavy atom. The molecule has 5 aliphatic rings. The summed E-state index contributed by atoms with van der Waals surface area (Å²) in [6, 6.07) is 7.10. The Kier molecular flexibility index (Phi) is 8.41. The van der Waals surface area contributed by atoms with Crippen LogP contribution in [0.2, 0.25) is 0 Å². The first-order chi connectivity index (χ1) is 21.3.